The zero-order valence-corrected chi connectivity index (χ0v) is 39.7. The molecule has 0 radical (unpaired) electrons. The molecule has 0 aromatic heterocycles. The van der Waals surface area contributed by atoms with E-state index in [0.29, 0.717) is 0 Å². The summed E-state index contributed by atoms with van der Waals surface area (Å²) < 4.78 is 0. The van der Waals surface area contributed by atoms with Crippen LogP contribution in [0, 0.1) is 0 Å². The molecule has 316 valence electrons. The lowest BCUT2D eigenvalue weighted by Crippen LogP contribution is -1.84. The minimum absolute atomic E-state index is 1.15. The molecule has 0 aromatic rings. The average molecular weight is 765 g/mol. The highest BCUT2D eigenvalue weighted by Gasteiger charge is 1.98. The van der Waals surface area contributed by atoms with Crippen LogP contribution in [0.3, 0.4) is 0 Å². The van der Waals surface area contributed by atoms with Crippen molar-refractivity contribution < 1.29 is 0 Å². The molecule has 0 aromatic carbocycles. The fraction of sp³-hybridized carbons (Fsp3) is 0.607. The molecule has 0 rings (SSSR count). The predicted molar refractivity (Wildman–Crippen MR) is 260 cm³/mol. The second-order valence-electron chi connectivity index (χ2n) is 17.6. The van der Waals surface area contributed by atoms with Crippen LogP contribution in [0.1, 0.15) is 225 Å². The molecule has 0 atom stereocenters. The third-order valence-corrected chi connectivity index (χ3v) is 10.9. The van der Waals surface area contributed by atoms with E-state index < -0.39 is 0 Å². The summed E-state index contributed by atoms with van der Waals surface area (Å²) in [6.45, 7) is 29.6. The van der Waals surface area contributed by atoms with E-state index in [2.05, 4.69) is 157 Å². The molecule has 0 unspecified atom stereocenters. The van der Waals surface area contributed by atoms with Gasteiger partial charge in [-0.05, 0) is 218 Å². The molecular weight excluding hydrogens is 673 g/mol. The van der Waals surface area contributed by atoms with Crippen LogP contribution in [0.2, 0.25) is 0 Å². The van der Waals surface area contributed by atoms with Gasteiger partial charge >= 0.3 is 0 Å². The van der Waals surface area contributed by atoms with Gasteiger partial charge in [0.25, 0.3) is 0 Å². The van der Waals surface area contributed by atoms with E-state index in [-0.39, 0.29) is 0 Å². The van der Waals surface area contributed by atoms with Crippen molar-refractivity contribution in [1.29, 1.82) is 0 Å². The van der Waals surface area contributed by atoms with Gasteiger partial charge in [-0.1, -0.05) is 135 Å². The Morgan fingerprint density at radius 1 is 0.214 bits per heavy atom. The van der Waals surface area contributed by atoms with E-state index >= 15 is 0 Å². The fourth-order valence-corrected chi connectivity index (χ4v) is 6.87. The molecule has 0 spiro atoms. The van der Waals surface area contributed by atoms with Crippen LogP contribution in [-0.2, 0) is 0 Å². The topological polar surface area (TPSA) is 0 Å². The highest BCUT2D eigenvalue weighted by molar-refractivity contribution is 5.11. The zero-order valence-electron chi connectivity index (χ0n) is 39.7. The lowest BCUT2D eigenvalue weighted by atomic mass is 10.0. The molecule has 0 fully saturated rings. The lowest BCUT2D eigenvalue weighted by molar-refractivity contribution is 0.879. The molecule has 0 aliphatic heterocycles. The number of allylic oxidation sites excluding steroid dienone is 22. The summed E-state index contributed by atoms with van der Waals surface area (Å²) in [6.07, 6.45) is 51.5. The molecule has 0 N–H and O–H groups in total. The van der Waals surface area contributed by atoms with Crippen LogP contribution in [0.25, 0.3) is 0 Å². The highest BCUT2D eigenvalue weighted by Crippen LogP contribution is 2.18. The molecule has 0 nitrogen and oxygen atoms in total. The van der Waals surface area contributed by atoms with Gasteiger partial charge in [0.2, 0.25) is 0 Å². The zero-order chi connectivity index (χ0) is 42.0. The summed E-state index contributed by atoms with van der Waals surface area (Å²) in [5.41, 5.74) is 16.7. The first kappa shape index (κ1) is 53.1. The van der Waals surface area contributed by atoms with Gasteiger partial charge in [0.05, 0.1) is 0 Å². The van der Waals surface area contributed by atoms with Gasteiger partial charge < -0.3 is 0 Å². The normalized spacial score (nSPS) is 14.9. The average Bonchev–Trinajstić information content (AvgIpc) is 3.11. The van der Waals surface area contributed by atoms with Crippen molar-refractivity contribution >= 4 is 0 Å². The van der Waals surface area contributed by atoms with Crippen molar-refractivity contribution in [1.82, 2.24) is 0 Å². The van der Waals surface area contributed by atoms with E-state index in [1.807, 2.05) is 0 Å². The van der Waals surface area contributed by atoms with Crippen molar-refractivity contribution in [3.05, 3.63) is 128 Å². The summed E-state index contributed by atoms with van der Waals surface area (Å²) in [6, 6.07) is 0. The minimum atomic E-state index is 1.15. The standard InChI is InChI=1S/C56H92/c1-14-25-47(4)28-16-29-49(6)32-18-33-51(8)36-20-37-53(10)40-22-41-55(12)44-24-45-56(13)43-23-42-54(11)39-21-38-52(9)35-19-34-50(7)31-17-30-48(5)27-15-26-46(2)3/h25-26,29-30,33-34,37-38,41-42,45H,14-24,27-28,31-32,35-36,39-40,43-44H2,1-13H3/b47-25+,48-30+,49-29+,50-34+,51-33+,52-38+,53-37+,54-42+,55-41+,56-45+. The van der Waals surface area contributed by atoms with Crippen LogP contribution < -0.4 is 0 Å². The molecule has 56 heavy (non-hydrogen) atoms. The molecule has 0 heteroatoms. The first-order chi connectivity index (χ1) is 26.7. The molecule has 0 amide bonds. The third-order valence-electron chi connectivity index (χ3n) is 10.9. The van der Waals surface area contributed by atoms with Gasteiger partial charge in [-0.2, -0.15) is 0 Å². The Kier molecular flexibility index (Phi) is 33.5. The van der Waals surface area contributed by atoms with Gasteiger partial charge in [-0.15, -0.1) is 0 Å². The van der Waals surface area contributed by atoms with Crippen LogP contribution in [0.5, 0.6) is 0 Å². The van der Waals surface area contributed by atoms with Crippen molar-refractivity contribution in [2.45, 2.75) is 225 Å². The number of hydrogen-bond donors (Lipinski definition) is 0. The molecule has 0 saturated carbocycles. The van der Waals surface area contributed by atoms with Crippen LogP contribution in [-0.4, -0.2) is 0 Å². The lowest BCUT2D eigenvalue weighted by Gasteiger charge is -2.04. The smallest absolute Gasteiger partial charge is 0.0288 e. The van der Waals surface area contributed by atoms with Gasteiger partial charge in [0, 0.05) is 0 Å². The summed E-state index contributed by atoms with van der Waals surface area (Å²) in [5.74, 6) is 0. The first-order valence-electron chi connectivity index (χ1n) is 22.9. The van der Waals surface area contributed by atoms with Crippen molar-refractivity contribution in [3.8, 4) is 0 Å². The summed E-state index contributed by atoms with van der Waals surface area (Å²) in [7, 11) is 0. The molecule has 0 aliphatic rings. The Morgan fingerprint density at radius 2 is 0.357 bits per heavy atom. The fourth-order valence-electron chi connectivity index (χ4n) is 6.87. The third kappa shape index (κ3) is 35.5. The quantitative estimate of drug-likeness (QED) is 0.0617. The Labute approximate surface area is 351 Å². The predicted octanol–water partition coefficient (Wildman–Crippen LogP) is 19.6. The van der Waals surface area contributed by atoms with Crippen LogP contribution in [0.4, 0.5) is 0 Å². The van der Waals surface area contributed by atoms with E-state index in [1.165, 1.54) is 164 Å². The molecule has 0 aliphatic carbocycles. The summed E-state index contributed by atoms with van der Waals surface area (Å²) >= 11 is 0. The minimum Gasteiger partial charge on any atom is -0.0859 e. The van der Waals surface area contributed by atoms with E-state index in [1.54, 1.807) is 0 Å². The highest BCUT2D eigenvalue weighted by atomic mass is 14.0. The summed E-state index contributed by atoms with van der Waals surface area (Å²) in [4.78, 5) is 0. The first-order valence-corrected chi connectivity index (χ1v) is 22.9. The summed E-state index contributed by atoms with van der Waals surface area (Å²) in [5, 5.41) is 0. The molecule has 0 bridgehead atoms. The largest absolute Gasteiger partial charge is 0.0859 e. The van der Waals surface area contributed by atoms with Gasteiger partial charge in [0.1, 0.15) is 0 Å². The van der Waals surface area contributed by atoms with E-state index in [9.17, 15) is 0 Å². The molecular formula is C56H92. The Bertz CT molecular complexity index is 1410. The monoisotopic (exact) mass is 765 g/mol. The maximum absolute atomic E-state index is 2.47. The Balaban J connectivity index is 4.26. The molecule has 0 saturated heterocycles. The van der Waals surface area contributed by atoms with Crippen molar-refractivity contribution in [2.75, 3.05) is 0 Å². The maximum Gasteiger partial charge on any atom is -0.0288 e. The second kappa shape index (κ2) is 35.3. The second-order valence-corrected chi connectivity index (χ2v) is 17.6. The van der Waals surface area contributed by atoms with Gasteiger partial charge in [-0.3, -0.25) is 0 Å². The van der Waals surface area contributed by atoms with Gasteiger partial charge in [-0.25, -0.2) is 0 Å². The van der Waals surface area contributed by atoms with Crippen molar-refractivity contribution in [3.63, 3.8) is 0 Å². The number of hydrogen-bond acceptors (Lipinski definition) is 0. The Hall–Kier alpha value is -2.86. The van der Waals surface area contributed by atoms with Gasteiger partial charge in [0.15, 0.2) is 0 Å². The SMILES string of the molecule is CC/C=C(\C)CC/C=C(\C)CC/C=C(\C)CC/C=C(\C)CC/C=C(\C)CC/C=C(\C)CC/C=C(\C)CC/C=C(\C)CC/C=C(\C)CC/C=C(\C)CCC=C(C)C. The van der Waals surface area contributed by atoms with E-state index in [0.717, 1.165) is 32.1 Å². The van der Waals surface area contributed by atoms with E-state index in [4.69, 9.17) is 0 Å². The van der Waals surface area contributed by atoms with Crippen LogP contribution >= 0.6 is 0 Å². The Morgan fingerprint density at radius 3 is 0.500 bits per heavy atom. The maximum atomic E-state index is 2.47. The van der Waals surface area contributed by atoms with Crippen molar-refractivity contribution in [2.24, 2.45) is 0 Å². The van der Waals surface area contributed by atoms with Crippen LogP contribution in [0.15, 0.2) is 128 Å². The molecule has 0 heterocycles. The number of rotatable bonds is 31.